The highest BCUT2D eigenvalue weighted by Gasteiger charge is 2.56. The number of hydrogen-bond donors (Lipinski definition) is 1. The molecule has 9 heteroatoms. The molecule has 0 bridgehead atoms. The minimum atomic E-state index is -1.01. The fourth-order valence-corrected chi connectivity index (χ4v) is 5.32. The van der Waals surface area contributed by atoms with Gasteiger partial charge >= 0.3 is 12.0 Å². The second-order valence-corrected chi connectivity index (χ2v) is 9.49. The van der Waals surface area contributed by atoms with Crippen LogP contribution in [0.2, 0.25) is 0 Å². The van der Waals surface area contributed by atoms with Crippen molar-refractivity contribution in [2.75, 3.05) is 13.3 Å². The van der Waals surface area contributed by atoms with E-state index in [1.54, 1.807) is 12.1 Å². The molecule has 5 amide bonds. The lowest BCUT2D eigenvalue weighted by atomic mass is 9.64. The summed E-state index contributed by atoms with van der Waals surface area (Å²) >= 11 is 0. The molecule has 0 radical (unpaired) electrons. The van der Waals surface area contributed by atoms with Crippen molar-refractivity contribution in [3.63, 3.8) is 0 Å². The Morgan fingerprint density at radius 2 is 1.68 bits per heavy atom. The molecule has 1 aliphatic carbocycles. The smallest absolute Gasteiger partial charge is 0.328 e. The summed E-state index contributed by atoms with van der Waals surface area (Å²) in [6, 6.07) is 5.70. The SMILES string of the molecule is C[C@@H]1CC(C)(C)C[C@@]2(C1)NC(=O)N(CC(=O)OCN1C(=O)c3ccccc3C1=O)C2=O. The number of fused-ring (bicyclic) bond motifs is 1. The summed E-state index contributed by atoms with van der Waals surface area (Å²) in [4.78, 5) is 64.3. The van der Waals surface area contributed by atoms with Crippen molar-refractivity contribution < 1.29 is 28.7 Å². The molecule has 9 nitrogen and oxygen atoms in total. The molecule has 1 saturated carbocycles. The summed E-state index contributed by atoms with van der Waals surface area (Å²) < 4.78 is 5.07. The van der Waals surface area contributed by atoms with Crippen LogP contribution in [0.5, 0.6) is 0 Å². The van der Waals surface area contributed by atoms with Gasteiger partial charge in [0.15, 0.2) is 6.73 Å². The Kier molecular flexibility index (Phi) is 4.87. The van der Waals surface area contributed by atoms with Crippen LogP contribution in [0.4, 0.5) is 4.79 Å². The molecule has 2 fully saturated rings. The summed E-state index contributed by atoms with van der Waals surface area (Å²) in [5.41, 5.74) is -0.647. The zero-order valence-electron chi connectivity index (χ0n) is 17.8. The van der Waals surface area contributed by atoms with Crippen molar-refractivity contribution in [1.82, 2.24) is 15.1 Å². The lowest BCUT2D eigenvalue weighted by Crippen LogP contribution is -2.54. The summed E-state index contributed by atoms with van der Waals surface area (Å²) in [6.07, 6.45) is 1.96. The van der Waals surface area contributed by atoms with E-state index in [-0.39, 0.29) is 22.5 Å². The number of nitrogens with zero attached hydrogens (tertiary/aromatic N) is 2. The number of amides is 5. The number of hydrogen-bond acceptors (Lipinski definition) is 6. The number of carbonyl (C=O) groups excluding carboxylic acids is 5. The Bertz CT molecular complexity index is 968. The summed E-state index contributed by atoms with van der Waals surface area (Å²) in [7, 11) is 0. The molecule has 0 aromatic heterocycles. The van der Waals surface area contributed by atoms with Gasteiger partial charge in [-0.25, -0.2) is 9.69 Å². The van der Waals surface area contributed by atoms with Gasteiger partial charge in [0.05, 0.1) is 11.1 Å². The number of ether oxygens (including phenoxy) is 1. The quantitative estimate of drug-likeness (QED) is 0.446. The number of nitrogens with one attached hydrogen (secondary N) is 1. The van der Waals surface area contributed by atoms with E-state index in [0.29, 0.717) is 12.8 Å². The van der Waals surface area contributed by atoms with E-state index in [1.165, 1.54) is 12.1 Å². The molecule has 1 aromatic carbocycles. The van der Waals surface area contributed by atoms with Crippen LogP contribution in [0.25, 0.3) is 0 Å². The Morgan fingerprint density at radius 1 is 1.06 bits per heavy atom. The second-order valence-electron chi connectivity index (χ2n) is 9.49. The van der Waals surface area contributed by atoms with Crippen LogP contribution >= 0.6 is 0 Å². The van der Waals surface area contributed by atoms with Crippen molar-refractivity contribution >= 4 is 29.7 Å². The zero-order valence-corrected chi connectivity index (χ0v) is 17.8. The van der Waals surface area contributed by atoms with Crippen LogP contribution in [0.1, 0.15) is 60.7 Å². The monoisotopic (exact) mass is 427 g/mol. The van der Waals surface area contributed by atoms with Crippen LogP contribution in [0.3, 0.4) is 0 Å². The first-order valence-corrected chi connectivity index (χ1v) is 10.3. The first-order valence-electron chi connectivity index (χ1n) is 10.3. The van der Waals surface area contributed by atoms with E-state index < -0.39 is 48.5 Å². The first-order chi connectivity index (χ1) is 14.5. The average molecular weight is 427 g/mol. The van der Waals surface area contributed by atoms with E-state index in [2.05, 4.69) is 19.2 Å². The topological polar surface area (TPSA) is 113 Å². The maximum absolute atomic E-state index is 13.1. The van der Waals surface area contributed by atoms with Gasteiger partial charge in [-0.05, 0) is 42.7 Å². The number of benzene rings is 1. The Labute approximate surface area is 179 Å². The van der Waals surface area contributed by atoms with Gasteiger partial charge in [-0.3, -0.25) is 24.1 Å². The van der Waals surface area contributed by atoms with Gasteiger partial charge in [-0.15, -0.1) is 0 Å². The van der Waals surface area contributed by atoms with Crippen molar-refractivity contribution in [3.05, 3.63) is 35.4 Å². The number of rotatable bonds is 4. The molecule has 31 heavy (non-hydrogen) atoms. The number of urea groups is 1. The Hall–Kier alpha value is -3.23. The molecule has 0 unspecified atom stereocenters. The van der Waals surface area contributed by atoms with Gasteiger partial charge in [0.2, 0.25) is 0 Å². The minimum absolute atomic E-state index is 0.122. The third-order valence-electron chi connectivity index (χ3n) is 6.14. The standard InChI is InChI=1S/C22H25N3O6/c1-13-8-21(2,3)11-22(9-13)19(29)24(20(30)23-22)10-16(26)31-12-25-17(27)14-6-4-5-7-15(14)18(25)28/h4-7,13H,8-12H2,1-3H3,(H,23,30)/t13-,22-/m1/s1. The molecule has 4 rings (SSSR count). The minimum Gasteiger partial charge on any atom is -0.442 e. The van der Waals surface area contributed by atoms with Crippen molar-refractivity contribution in [2.45, 2.75) is 45.6 Å². The van der Waals surface area contributed by atoms with Crippen LogP contribution in [0.15, 0.2) is 24.3 Å². The zero-order chi connectivity index (χ0) is 22.6. The highest BCUT2D eigenvalue weighted by atomic mass is 16.5. The van der Waals surface area contributed by atoms with E-state index in [4.69, 9.17) is 4.74 Å². The average Bonchev–Trinajstić information content (AvgIpc) is 3.04. The molecular formula is C22H25N3O6. The first kappa shape index (κ1) is 21.0. The number of esters is 1. The van der Waals surface area contributed by atoms with Gasteiger partial charge in [-0.1, -0.05) is 32.9 Å². The lowest BCUT2D eigenvalue weighted by Gasteiger charge is -2.43. The third kappa shape index (κ3) is 3.58. The van der Waals surface area contributed by atoms with E-state index in [1.807, 2.05) is 6.92 Å². The fourth-order valence-electron chi connectivity index (χ4n) is 5.32. The predicted molar refractivity (Wildman–Crippen MR) is 108 cm³/mol. The normalized spacial score (nSPS) is 27.0. The molecule has 1 spiro atoms. The third-order valence-corrected chi connectivity index (χ3v) is 6.14. The molecule has 1 saturated heterocycles. The van der Waals surface area contributed by atoms with Gasteiger partial charge in [0, 0.05) is 0 Å². The molecule has 2 aliphatic heterocycles. The number of carbonyl (C=O) groups is 5. The van der Waals surface area contributed by atoms with Crippen molar-refractivity contribution in [1.29, 1.82) is 0 Å². The molecule has 3 aliphatic rings. The van der Waals surface area contributed by atoms with Crippen LogP contribution in [-0.2, 0) is 14.3 Å². The maximum atomic E-state index is 13.1. The lowest BCUT2D eigenvalue weighted by molar-refractivity contribution is -0.150. The maximum Gasteiger partial charge on any atom is 0.328 e. The summed E-state index contributed by atoms with van der Waals surface area (Å²) in [6.45, 7) is 5.00. The number of imide groups is 2. The van der Waals surface area contributed by atoms with Gasteiger partial charge in [0.1, 0.15) is 12.1 Å². The molecule has 164 valence electrons. The van der Waals surface area contributed by atoms with E-state index >= 15 is 0 Å². The van der Waals surface area contributed by atoms with Crippen LogP contribution in [-0.4, -0.2) is 58.3 Å². The Balaban J connectivity index is 1.39. The Morgan fingerprint density at radius 3 is 2.26 bits per heavy atom. The van der Waals surface area contributed by atoms with Crippen molar-refractivity contribution in [3.8, 4) is 0 Å². The second kappa shape index (κ2) is 7.18. The molecule has 1 aromatic rings. The van der Waals surface area contributed by atoms with Crippen LogP contribution < -0.4 is 5.32 Å². The predicted octanol–water partition coefficient (Wildman–Crippen LogP) is 1.92. The van der Waals surface area contributed by atoms with Gasteiger partial charge in [0.25, 0.3) is 17.7 Å². The fraction of sp³-hybridized carbons (Fsp3) is 0.500. The summed E-state index contributed by atoms with van der Waals surface area (Å²) in [5.74, 6) is -2.18. The van der Waals surface area contributed by atoms with Gasteiger partial charge < -0.3 is 10.1 Å². The largest absolute Gasteiger partial charge is 0.442 e. The highest BCUT2D eigenvalue weighted by molar-refractivity contribution is 6.21. The van der Waals surface area contributed by atoms with Crippen molar-refractivity contribution in [2.24, 2.45) is 11.3 Å². The molecule has 2 atom stereocenters. The van der Waals surface area contributed by atoms with Crippen LogP contribution in [0, 0.1) is 11.3 Å². The van der Waals surface area contributed by atoms with Gasteiger partial charge in [-0.2, -0.15) is 0 Å². The van der Waals surface area contributed by atoms with E-state index in [9.17, 15) is 24.0 Å². The summed E-state index contributed by atoms with van der Waals surface area (Å²) in [5, 5.41) is 2.79. The molecule has 1 N–H and O–H groups in total. The molecule has 2 heterocycles. The highest BCUT2D eigenvalue weighted by Crippen LogP contribution is 2.46. The van der Waals surface area contributed by atoms with E-state index in [0.717, 1.165) is 16.2 Å². The molecular weight excluding hydrogens is 402 g/mol.